The summed E-state index contributed by atoms with van der Waals surface area (Å²) in [5.74, 6) is -0.202. The third-order valence-corrected chi connectivity index (χ3v) is 6.90. The quantitative estimate of drug-likeness (QED) is 0.0602. The summed E-state index contributed by atoms with van der Waals surface area (Å²) >= 11 is 0. The van der Waals surface area contributed by atoms with E-state index in [4.69, 9.17) is 9.05 Å². The third-order valence-electron chi connectivity index (χ3n) is 5.92. The van der Waals surface area contributed by atoms with Crippen molar-refractivity contribution in [3.8, 4) is 0 Å². The van der Waals surface area contributed by atoms with Gasteiger partial charge in [-0.3, -0.25) is 13.8 Å². The maximum Gasteiger partial charge on any atom is 0.472 e. The fourth-order valence-electron chi connectivity index (χ4n) is 3.47. The number of carbonyl (C=O) groups is 1. The fourth-order valence-corrected chi connectivity index (χ4v) is 4.21. The number of phosphoric acid groups is 1. The number of nitrogens with one attached hydrogen (secondary N) is 1. The van der Waals surface area contributed by atoms with Gasteiger partial charge in [-0.2, -0.15) is 0 Å². The van der Waals surface area contributed by atoms with Gasteiger partial charge in [-0.15, -0.1) is 0 Å². The molecule has 218 valence electrons. The monoisotopic (exact) mass is 547 g/mol. The minimum Gasteiger partial charge on any atom is -0.387 e. The predicted octanol–water partition coefficient (Wildman–Crippen LogP) is 5.90. The molecule has 0 rings (SSSR count). The topological polar surface area (TPSA) is 105 Å². The van der Waals surface area contributed by atoms with Crippen molar-refractivity contribution in [3.05, 3.63) is 24.3 Å². The molecule has 0 bridgehead atoms. The Morgan fingerprint density at radius 2 is 1.46 bits per heavy atom. The average molecular weight is 548 g/mol. The molecule has 0 aliphatic rings. The van der Waals surface area contributed by atoms with Crippen LogP contribution in [0.15, 0.2) is 24.3 Å². The van der Waals surface area contributed by atoms with Crippen LogP contribution in [0.4, 0.5) is 0 Å². The number of amides is 1. The highest BCUT2D eigenvalue weighted by molar-refractivity contribution is 7.47. The van der Waals surface area contributed by atoms with E-state index in [-0.39, 0.29) is 19.1 Å². The zero-order chi connectivity index (χ0) is 28.0. The molecule has 0 aliphatic heterocycles. The molecule has 9 heteroatoms. The van der Waals surface area contributed by atoms with Gasteiger partial charge in [-0.05, 0) is 32.1 Å². The van der Waals surface area contributed by atoms with Crippen LogP contribution in [0.1, 0.15) is 97.3 Å². The molecule has 0 aromatic carbocycles. The van der Waals surface area contributed by atoms with E-state index in [2.05, 4.69) is 31.3 Å². The second kappa shape index (κ2) is 21.9. The number of aliphatic hydroxyl groups is 1. The summed E-state index contributed by atoms with van der Waals surface area (Å²) < 4.78 is 23.1. The molecule has 0 aliphatic carbocycles. The van der Waals surface area contributed by atoms with Crippen molar-refractivity contribution in [2.24, 2.45) is 0 Å². The van der Waals surface area contributed by atoms with E-state index in [1.54, 1.807) is 6.08 Å². The summed E-state index contributed by atoms with van der Waals surface area (Å²) in [6, 6.07) is -0.840. The number of rotatable bonds is 24. The SMILES string of the molecule is CCCC/C=C\CCCCCCCC(=O)NC(COP(=O)(O)OCC[N+](C)(C)C)C(O)/C=C/CCCC. The van der Waals surface area contributed by atoms with Crippen LogP contribution in [0.2, 0.25) is 0 Å². The molecule has 0 saturated carbocycles. The Labute approximate surface area is 226 Å². The Bertz CT molecular complexity index is 678. The number of unbranched alkanes of at least 4 members (excludes halogenated alkanes) is 9. The number of hydrogen-bond acceptors (Lipinski definition) is 5. The van der Waals surface area contributed by atoms with Crippen molar-refractivity contribution < 1.29 is 32.9 Å². The van der Waals surface area contributed by atoms with Crippen molar-refractivity contribution in [3.63, 3.8) is 0 Å². The van der Waals surface area contributed by atoms with Crippen LogP contribution in [0.25, 0.3) is 0 Å². The van der Waals surface area contributed by atoms with E-state index in [1.165, 1.54) is 25.7 Å². The van der Waals surface area contributed by atoms with Crippen LogP contribution in [0, 0.1) is 0 Å². The molecule has 3 unspecified atom stereocenters. The van der Waals surface area contributed by atoms with Crippen molar-refractivity contribution >= 4 is 13.7 Å². The van der Waals surface area contributed by atoms with Crippen LogP contribution in [0.3, 0.4) is 0 Å². The first-order valence-corrected chi connectivity index (χ1v) is 15.7. The van der Waals surface area contributed by atoms with E-state index < -0.39 is 20.0 Å². The molecule has 1 amide bonds. The maximum atomic E-state index is 12.5. The first-order valence-electron chi connectivity index (χ1n) is 14.2. The highest BCUT2D eigenvalue weighted by atomic mass is 31.2. The lowest BCUT2D eigenvalue weighted by Gasteiger charge is -2.25. The average Bonchev–Trinajstić information content (AvgIpc) is 2.81. The number of allylic oxidation sites excluding steroid dienone is 3. The standard InChI is InChI=1S/C28H55N2O6P/c1-6-8-10-12-13-14-15-16-17-18-20-22-28(32)29-26(27(31)21-19-11-9-7-2)25-36-37(33,34)35-24-23-30(3,4)5/h12-13,19,21,26-27,31H,6-11,14-18,20,22-25H2,1-5H3,(H-,29,32,33,34)/p+1/b13-12-,21-19+. The zero-order valence-electron chi connectivity index (χ0n) is 24.2. The van der Waals surface area contributed by atoms with Gasteiger partial charge in [0.1, 0.15) is 13.2 Å². The fraction of sp³-hybridized carbons (Fsp3) is 0.821. The number of carbonyl (C=O) groups excluding carboxylic acids is 1. The molecular formula is C28H56N2O6P+. The molecule has 8 nitrogen and oxygen atoms in total. The molecule has 0 radical (unpaired) electrons. The molecule has 3 N–H and O–H groups in total. The van der Waals surface area contributed by atoms with Crippen LogP contribution >= 0.6 is 7.82 Å². The van der Waals surface area contributed by atoms with Crippen LogP contribution in [-0.2, 0) is 18.4 Å². The minimum absolute atomic E-state index is 0.0585. The Kier molecular flexibility index (Phi) is 21.3. The molecule has 0 aromatic rings. The van der Waals surface area contributed by atoms with Gasteiger partial charge in [0.05, 0.1) is 39.9 Å². The second-order valence-corrected chi connectivity index (χ2v) is 12.2. The zero-order valence-corrected chi connectivity index (χ0v) is 25.1. The van der Waals surface area contributed by atoms with Crippen LogP contribution < -0.4 is 5.32 Å². The maximum absolute atomic E-state index is 12.5. The third kappa shape index (κ3) is 23.8. The van der Waals surface area contributed by atoms with E-state index in [9.17, 15) is 19.4 Å². The lowest BCUT2D eigenvalue weighted by molar-refractivity contribution is -0.870. The van der Waals surface area contributed by atoms with Gasteiger partial charge in [0, 0.05) is 6.42 Å². The highest BCUT2D eigenvalue weighted by Crippen LogP contribution is 2.43. The Morgan fingerprint density at radius 1 is 0.892 bits per heavy atom. The van der Waals surface area contributed by atoms with E-state index in [0.29, 0.717) is 17.4 Å². The predicted molar refractivity (Wildman–Crippen MR) is 152 cm³/mol. The van der Waals surface area contributed by atoms with Crippen molar-refractivity contribution in [2.75, 3.05) is 40.9 Å². The molecule has 3 atom stereocenters. The number of aliphatic hydroxyl groups excluding tert-OH is 1. The number of phosphoric ester groups is 1. The molecular weight excluding hydrogens is 491 g/mol. The molecule has 37 heavy (non-hydrogen) atoms. The molecule has 0 fully saturated rings. The summed E-state index contributed by atoms with van der Waals surface area (Å²) in [6.45, 7) is 4.56. The van der Waals surface area contributed by atoms with E-state index in [0.717, 1.165) is 51.4 Å². The Balaban J connectivity index is 4.54. The summed E-state index contributed by atoms with van der Waals surface area (Å²) in [7, 11) is 1.55. The van der Waals surface area contributed by atoms with Gasteiger partial charge in [0.2, 0.25) is 5.91 Å². The van der Waals surface area contributed by atoms with Crippen molar-refractivity contribution in [1.82, 2.24) is 5.32 Å². The van der Waals surface area contributed by atoms with Gasteiger partial charge < -0.3 is 19.8 Å². The first kappa shape index (κ1) is 36.0. The van der Waals surface area contributed by atoms with Crippen molar-refractivity contribution in [2.45, 2.75) is 109 Å². The van der Waals surface area contributed by atoms with Gasteiger partial charge in [0.15, 0.2) is 0 Å². The Morgan fingerprint density at radius 3 is 2.08 bits per heavy atom. The van der Waals surface area contributed by atoms with Gasteiger partial charge in [-0.25, -0.2) is 4.57 Å². The van der Waals surface area contributed by atoms with Crippen LogP contribution in [-0.4, -0.2) is 73.4 Å². The number of quaternary nitrogens is 1. The summed E-state index contributed by atoms with van der Waals surface area (Å²) in [5.41, 5.74) is 0. The largest absolute Gasteiger partial charge is 0.472 e. The molecule has 0 aromatic heterocycles. The first-order chi connectivity index (χ1) is 17.5. The lowest BCUT2D eigenvalue weighted by Crippen LogP contribution is -2.45. The Hall–Kier alpha value is -1.02. The smallest absolute Gasteiger partial charge is 0.387 e. The van der Waals surface area contributed by atoms with Crippen LogP contribution in [0.5, 0.6) is 0 Å². The van der Waals surface area contributed by atoms with E-state index >= 15 is 0 Å². The molecule has 0 spiro atoms. The number of nitrogens with zero attached hydrogens (tertiary/aromatic N) is 1. The highest BCUT2D eigenvalue weighted by Gasteiger charge is 2.27. The summed E-state index contributed by atoms with van der Waals surface area (Å²) in [5, 5.41) is 13.4. The normalized spacial score (nSPS) is 15.8. The summed E-state index contributed by atoms with van der Waals surface area (Å²) in [4.78, 5) is 22.6. The minimum atomic E-state index is -4.30. The van der Waals surface area contributed by atoms with E-state index in [1.807, 2.05) is 27.2 Å². The van der Waals surface area contributed by atoms with Gasteiger partial charge in [0.25, 0.3) is 0 Å². The molecule has 0 saturated heterocycles. The number of likely N-dealkylation sites (N-methyl/N-ethyl adjacent to an activating group) is 1. The number of hydrogen-bond donors (Lipinski definition) is 3. The lowest BCUT2D eigenvalue weighted by atomic mass is 10.1. The second-order valence-electron chi connectivity index (χ2n) is 10.8. The van der Waals surface area contributed by atoms with Crippen molar-refractivity contribution in [1.29, 1.82) is 0 Å². The van der Waals surface area contributed by atoms with Gasteiger partial charge >= 0.3 is 7.82 Å². The van der Waals surface area contributed by atoms with Gasteiger partial charge in [-0.1, -0.05) is 83.1 Å². The molecule has 0 heterocycles. The summed E-state index contributed by atoms with van der Waals surface area (Å²) in [6.07, 6.45) is 20.1.